The predicted molar refractivity (Wildman–Crippen MR) is 66.5 cm³/mol. The monoisotopic (exact) mass is 229 g/mol. The fraction of sp³-hybridized carbons (Fsp3) is 1.00. The average Bonchev–Trinajstić information content (AvgIpc) is 2.82. The van der Waals surface area contributed by atoms with Crippen molar-refractivity contribution in [3.63, 3.8) is 0 Å². The highest BCUT2D eigenvalue weighted by atomic mass is 16.5. The van der Waals surface area contributed by atoms with E-state index in [1.54, 1.807) is 0 Å². The zero-order chi connectivity index (χ0) is 12.0. The minimum atomic E-state index is -0.221. The van der Waals surface area contributed by atoms with Crippen molar-refractivity contribution in [3.8, 4) is 0 Å². The topological polar surface area (TPSA) is 41.5 Å². The van der Waals surface area contributed by atoms with Gasteiger partial charge in [0.05, 0.1) is 12.7 Å². The zero-order valence-electron chi connectivity index (χ0n) is 10.9. The van der Waals surface area contributed by atoms with Crippen LogP contribution in [0.2, 0.25) is 0 Å². The van der Waals surface area contributed by atoms with Crippen LogP contribution in [0.25, 0.3) is 0 Å². The van der Waals surface area contributed by atoms with Crippen molar-refractivity contribution in [1.29, 1.82) is 0 Å². The van der Waals surface area contributed by atoms with E-state index in [4.69, 9.17) is 4.74 Å². The molecule has 1 heterocycles. The van der Waals surface area contributed by atoms with Crippen LogP contribution in [0.3, 0.4) is 0 Å². The van der Waals surface area contributed by atoms with Crippen LogP contribution in [0, 0.1) is 11.8 Å². The third-order valence-electron chi connectivity index (χ3n) is 3.86. The number of rotatable bonds is 7. The summed E-state index contributed by atoms with van der Waals surface area (Å²) >= 11 is 0. The molecule has 0 bridgehead atoms. The van der Waals surface area contributed by atoms with E-state index in [1.807, 2.05) is 0 Å². The number of hydrogen-bond donors (Lipinski definition) is 2. The van der Waals surface area contributed by atoms with Crippen molar-refractivity contribution in [2.75, 3.05) is 19.8 Å². The minimum Gasteiger partial charge on any atom is -0.392 e. The summed E-state index contributed by atoms with van der Waals surface area (Å²) in [5.41, 5.74) is 0. The van der Waals surface area contributed by atoms with Crippen molar-refractivity contribution >= 4 is 0 Å². The molecule has 1 saturated heterocycles. The van der Waals surface area contributed by atoms with Gasteiger partial charge in [0, 0.05) is 19.2 Å². The Hall–Kier alpha value is -0.120. The lowest BCUT2D eigenvalue weighted by molar-refractivity contribution is 0.104. The van der Waals surface area contributed by atoms with Crippen molar-refractivity contribution in [2.45, 2.75) is 52.2 Å². The molecule has 3 nitrogen and oxygen atoms in total. The van der Waals surface area contributed by atoms with Gasteiger partial charge in [-0.1, -0.05) is 27.2 Å². The molecule has 1 rings (SSSR count). The molecular weight excluding hydrogens is 202 g/mol. The smallest absolute Gasteiger partial charge is 0.0690 e. The molecule has 3 heteroatoms. The second kappa shape index (κ2) is 7.25. The second-order valence-corrected chi connectivity index (χ2v) is 5.00. The molecule has 0 aromatic carbocycles. The summed E-state index contributed by atoms with van der Waals surface area (Å²) in [6.07, 6.45) is 3.08. The Labute approximate surface area is 99.6 Å². The van der Waals surface area contributed by atoms with E-state index in [9.17, 15) is 5.11 Å². The molecule has 2 N–H and O–H groups in total. The number of ether oxygens (including phenoxy) is 1. The van der Waals surface area contributed by atoms with Gasteiger partial charge in [-0.25, -0.2) is 0 Å². The maximum Gasteiger partial charge on any atom is 0.0690 e. The molecule has 1 fully saturated rings. The Bertz CT molecular complexity index is 181. The first-order chi connectivity index (χ1) is 7.69. The molecule has 4 atom stereocenters. The van der Waals surface area contributed by atoms with Gasteiger partial charge in [-0.05, 0) is 24.7 Å². The Morgan fingerprint density at radius 3 is 2.62 bits per heavy atom. The van der Waals surface area contributed by atoms with Gasteiger partial charge in [0.1, 0.15) is 0 Å². The summed E-state index contributed by atoms with van der Waals surface area (Å²) in [6.45, 7) is 8.92. The lowest BCUT2D eigenvalue weighted by Crippen LogP contribution is -2.42. The van der Waals surface area contributed by atoms with Crippen LogP contribution in [0.4, 0.5) is 0 Å². The SMILES string of the molecule is CCC(C)C(O)CNC(CC)C1CCOC1. The Kier molecular flexibility index (Phi) is 6.32. The first kappa shape index (κ1) is 13.9. The van der Waals surface area contributed by atoms with Crippen molar-refractivity contribution in [2.24, 2.45) is 11.8 Å². The van der Waals surface area contributed by atoms with E-state index in [1.165, 1.54) is 0 Å². The molecule has 0 amide bonds. The fourth-order valence-corrected chi connectivity index (χ4v) is 2.26. The molecule has 0 aromatic rings. The summed E-state index contributed by atoms with van der Waals surface area (Å²) in [5, 5.41) is 13.4. The Balaban J connectivity index is 2.27. The summed E-state index contributed by atoms with van der Waals surface area (Å²) in [6, 6.07) is 0.501. The van der Waals surface area contributed by atoms with Crippen LogP contribution in [0.1, 0.15) is 40.0 Å². The zero-order valence-corrected chi connectivity index (χ0v) is 10.9. The van der Waals surface area contributed by atoms with E-state index in [2.05, 4.69) is 26.1 Å². The maximum absolute atomic E-state index is 9.91. The molecule has 4 unspecified atom stereocenters. The molecule has 0 spiro atoms. The molecule has 16 heavy (non-hydrogen) atoms. The van der Waals surface area contributed by atoms with E-state index in [0.29, 0.717) is 24.4 Å². The van der Waals surface area contributed by atoms with Crippen molar-refractivity contribution in [1.82, 2.24) is 5.32 Å². The van der Waals surface area contributed by atoms with Crippen LogP contribution < -0.4 is 5.32 Å². The summed E-state index contributed by atoms with van der Waals surface area (Å²) in [5.74, 6) is 1.01. The van der Waals surface area contributed by atoms with Gasteiger partial charge in [-0.15, -0.1) is 0 Å². The van der Waals surface area contributed by atoms with E-state index < -0.39 is 0 Å². The number of aliphatic hydroxyl groups excluding tert-OH is 1. The van der Waals surface area contributed by atoms with Crippen LogP contribution in [-0.4, -0.2) is 37.0 Å². The third-order valence-corrected chi connectivity index (χ3v) is 3.86. The second-order valence-electron chi connectivity index (χ2n) is 5.00. The highest BCUT2D eigenvalue weighted by Gasteiger charge is 2.25. The molecule has 0 aromatic heterocycles. The highest BCUT2D eigenvalue weighted by molar-refractivity contribution is 4.80. The predicted octanol–water partition coefficient (Wildman–Crippen LogP) is 1.80. The molecule has 1 aliphatic heterocycles. The van der Waals surface area contributed by atoms with E-state index >= 15 is 0 Å². The molecular formula is C13H27NO2. The molecule has 96 valence electrons. The maximum atomic E-state index is 9.91. The average molecular weight is 229 g/mol. The van der Waals surface area contributed by atoms with Crippen LogP contribution in [0.5, 0.6) is 0 Å². The van der Waals surface area contributed by atoms with Gasteiger partial charge < -0.3 is 15.2 Å². The van der Waals surface area contributed by atoms with Gasteiger partial charge in [0.25, 0.3) is 0 Å². The van der Waals surface area contributed by atoms with E-state index in [-0.39, 0.29) is 6.10 Å². The van der Waals surface area contributed by atoms with Gasteiger partial charge in [-0.3, -0.25) is 0 Å². The third kappa shape index (κ3) is 4.04. The van der Waals surface area contributed by atoms with Crippen molar-refractivity contribution in [3.05, 3.63) is 0 Å². The lowest BCUT2D eigenvalue weighted by Gasteiger charge is -2.25. The summed E-state index contributed by atoms with van der Waals surface area (Å²) < 4.78 is 5.41. The minimum absolute atomic E-state index is 0.221. The Morgan fingerprint density at radius 1 is 1.38 bits per heavy atom. The van der Waals surface area contributed by atoms with Crippen LogP contribution >= 0.6 is 0 Å². The van der Waals surface area contributed by atoms with Gasteiger partial charge >= 0.3 is 0 Å². The quantitative estimate of drug-likeness (QED) is 0.699. The van der Waals surface area contributed by atoms with Crippen LogP contribution in [-0.2, 0) is 4.74 Å². The number of hydrogen-bond acceptors (Lipinski definition) is 3. The molecule has 1 aliphatic rings. The highest BCUT2D eigenvalue weighted by Crippen LogP contribution is 2.19. The van der Waals surface area contributed by atoms with E-state index in [0.717, 1.165) is 32.5 Å². The fourth-order valence-electron chi connectivity index (χ4n) is 2.26. The van der Waals surface area contributed by atoms with Crippen molar-refractivity contribution < 1.29 is 9.84 Å². The van der Waals surface area contributed by atoms with Crippen LogP contribution in [0.15, 0.2) is 0 Å². The Morgan fingerprint density at radius 2 is 2.12 bits per heavy atom. The van der Waals surface area contributed by atoms with Gasteiger partial charge in [-0.2, -0.15) is 0 Å². The number of nitrogens with one attached hydrogen (secondary N) is 1. The normalized spacial score (nSPS) is 26.6. The standard InChI is InChI=1S/C13H27NO2/c1-4-10(3)13(15)8-14-12(5-2)11-6-7-16-9-11/h10-15H,4-9H2,1-3H3. The lowest BCUT2D eigenvalue weighted by atomic mass is 9.95. The van der Waals surface area contributed by atoms with Gasteiger partial charge in [0.2, 0.25) is 0 Å². The molecule has 0 saturated carbocycles. The summed E-state index contributed by atoms with van der Waals surface area (Å²) in [7, 11) is 0. The first-order valence-electron chi connectivity index (χ1n) is 6.68. The molecule has 0 aliphatic carbocycles. The van der Waals surface area contributed by atoms with Gasteiger partial charge in [0.15, 0.2) is 0 Å². The first-order valence-corrected chi connectivity index (χ1v) is 6.68. The molecule has 0 radical (unpaired) electrons. The summed E-state index contributed by atoms with van der Waals surface area (Å²) in [4.78, 5) is 0. The largest absolute Gasteiger partial charge is 0.392 e. The number of aliphatic hydroxyl groups is 1.